The van der Waals surface area contributed by atoms with Crippen LogP contribution in [0.4, 0.5) is 5.69 Å². The van der Waals surface area contributed by atoms with Gasteiger partial charge in [-0.15, -0.1) is 0 Å². The van der Waals surface area contributed by atoms with Crippen LogP contribution >= 0.6 is 0 Å². The summed E-state index contributed by atoms with van der Waals surface area (Å²) in [7, 11) is 0.0662. The van der Waals surface area contributed by atoms with Crippen molar-refractivity contribution < 1.29 is 13.7 Å². The molecule has 6 nitrogen and oxygen atoms in total. The van der Waals surface area contributed by atoms with Crippen LogP contribution < -0.4 is 14.8 Å². The first-order valence-electron chi connectivity index (χ1n) is 8.45. The number of amides is 1. The number of nitrogens with zero attached hydrogens (tertiary/aromatic N) is 2. The molecule has 2 N–H and O–H groups in total. The molecule has 138 valence electrons. The van der Waals surface area contributed by atoms with Crippen molar-refractivity contribution in [3.8, 4) is 5.75 Å². The van der Waals surface area contributed by atoms with E-state index in [4.69, 9.17) is 9.88 Å². The molecule has 26 heavy (non-hydrogen) atoms. The summed E-state index contributed by atoms with van der Waals surface area (Å²) in [5.41, 5.74) is 2.46. The molecule has 0 saturated carbocycles. The summed E-state index contributed by atoms with van der Waals surface area (Å²) in [5, 5.41) is 5.45. The van der Waals surface area contributed by atoms with Crippen molar-refractivity contribution in [3.63, 3.8) is 0 Å². The molecule has 0 spiro atoms. The van der Waals surface area contributed by atoms with Crippen LogP contribution in [-0.2, 0) is 11.0 Å². The second-order valence-corrected chi connectivity index (χ2v) is 7.29. The third-order valence-corrected chi connectivity index (χ3v) is 5.38. The zero-order valence-electron chi connectivity index (χ0n) is 15.0. The van der Waals surface area contributed by atoms with E-state index in [0.717, 1.165) is 30.1 Å². The van der Waals surface area contributed by atoms with Gasteiger partial charge in [0.25, 0.3) is 5.91 Å². The number of ether oxygens (including phenoxy) is 1. The van der Waals surface area contributed by atoms with Crippen LogP contribution in [0.2, 0.25) is 0 Å². The fourth-order valence-electron chi connectivity index (χ4n) is 3.17. The maximum absolute atomic E-state index is 12.9. The maximum atomic E-state index is 12.9. The largest absolute Gasteiger partial charge is 0.495 e. The summed E-state index contributed by atoms with van der Waals surface area (Å²) >= 11 is 0. The Labute approximate surface area is 156 Å². The molecule has 1 aliphatic heterocycles. The molecule has 1 unspecified atom stereocenters. The van der Waals surface area contributed by atoms with E-state index in [-0.39, 0.29) is 5.91 Å². The number of methoxy groups -OCH3 is 1. The number of nitrogens with two attached hydrogens (primary N) is 1. The molecule has 1 heterocycles. The molecule has 1 aliphatic rings. The van der Waals surface area contributed by atoms with Gasteiger partial charge in [-0.3, -0.25) is 4.79 Å². The normalized spacial score (nSPS) is 15.7. The molecular formula is C19H23N3O3S. The third kappa shape index (κ3) is 3.73. The molecule has 0 bridgehead atoms. The van der Waals surface area contributed by atoms with Gasteiger partial charge < -0.3 is 14.5 Å². The maximum Gasteiger partial charge on any atom is 0.254 e. The second kappa shape index (κ2) is 7.88. The van der Waals surface area contributed by atoms with E-state index < -0.39 is 11.0 Å². The predicted molar refractivity (Wildman–Crippen MR) is 103 cm³/mol. The molecule has 3 rings (SSSR count). The standard InChI is InChI=1S/C19H23N3O3S/c1-14-7-8-15(26(20)24)13-16(14)19(23)22-11-9-21(10-12-22)17-5-3-4-6-18(17)25-2/h3-8,13H,9-12,20H2,1-2H3. The molecule has 7 heteroatoms. The number of rotatable bonds is 4. The SMILES string of the molecule is COc1ccccc1N1CCN(C(=O)c2cc(S(N)=O)ccc2C)CC1. The molecule has 1 saturated heterocycles. The number of benzene rings is 2. The Kier molecular flexibility index (Phi) is 5.58. The lowest BCUT2D eigenvalue weighted by Crippen LogP contribution is -2.49. The molecule has 2 aromatic carbocycles. The van der Waals surface area contributed by atoms with Gasteiger partial charge in [0.15, 0.2) is 0 Å². The van der Waals surface area contributed by atoms with Crippen LogP contribution in [0.15, 0.2) is 47.4 Å². The first-order chi connectivity index (χ1) is 12.5. The summed E-state index contributed by atoms with van der Waals surface area (Å²) in [6.45, 7) is 4.57. The molecule has 1 amide bonds. The fraction of sp³-hybridized carbons (Fsp3) is 0.316. The lowest BCUT2D eigenvalue weighted by atomic mass is 10.1. The highest BCUT2D eigenvalue weighted by molar-refractivity contribution is 7.82. The quantitative estimate of drug-likeness (QED) is 0.889. The minimum atomic E-state index is -1.60. The Morgan fingerprint density at radius 2 is 1.81 bits per heavy atom. The van der Waals surface area contributed by atoms with Gasteiger partial charge in [-0.2, -0.15) is 0 Å². The van der Waals surface area contributed by atoms with E-state index >= 15 is 0 Å². The topological polar surface area (TPSA) is 75.9 Å². The highest BCUT2D eigenvalue weighted by atomic mass is 32.2. The summed E-state index contributed by atoms with van der Waals surface area (Å²) < 4.78 is 16.9. The van der Waals surface area contributed by atoms with Crippen LogP contribution in [0, 0.1) is 6.92 Å². The highest BCUT2D eigenvalue weighted by Gasteiger charge is 2.25. The average molecular weight is 373 g/mol. The first kappa shape index (κ1) is 18.4. The van der Waals surface area contributed by atoms with Crippen molar-refractivity contribution >= 4 is 22.6 Å². The van der Waals surface area contributed by atoms with E-state index in [1.807, 2.05) is 36.1 Å². The van der Waals surface area contributed by atoms with Gasteiger partial charge in [0.05, 0.1) is 17.7 Å². The van der Waals surface area contributed by atoms with Crippen LogP contribution in [-0.4, -0.2) is 48.3 Å². The van der Waals surface area contributed by atoms with E-state index in [1.54, 1.807) is 25.3 Å². The van der Waals surface area contributed by atoms with Crippen LogP contribution in [0.25, 0.3) is 0 Å². The lowest BCUT2D eigenvalue weighted by Gasteiger charge is -2.36. The van der Waals surface area contributed by atoms with Crippen LogP contribution in [0.3, 0.4) is 0 Å². The Bertz CT molecular complexity index is 833. The molecule has 0 aromatic heterocycles. The number of para-hydroxylation sites is 2. The van der Waals surface area contributed by atoms with E-state index in [1.165, 1.54) is 0 Å². The van der Waals surface area contributed by atoms with Crippen molar-refractivity contribution in [2.45, 2.75) is 11.8 Å². The van der Waals surface area contributed by atoms with E-state index in [2.05, 4.69) is 4.90 Å². The Morgan fingerprint density at radius 1 is 1.12 bits per heavy atom. The van der Waals surface area contributed by atoms with Crippen molar-refractivity contribution in [2.24, 2.45) is 5.14 Å². The molecule has 0 radical (unpaired) electrons. The van der Waals surface area contributed by atoms with Crippen molar-refractivity contribution in [1.82, 2.24) is 4.90 Å². The summed E-state index contributed by atoms with van der Waals surface area (Å²) in [6.07, 6.45) is 0. The Morgan fingerprint density at radius 3 is 2.46 bits per heavy atom. The molecular weight excluding hydrogens is 350 g/mol. The molecule has 0 aliphatic carbocycles. The summed E-state index contributed by atoms with van der Waals surface area (Å²) in [4.78, 5) is 17.4. The van der Waals surface area contributed by atoms with E-state index in [9.17, 15) is 9.00 Å². The van der Waals surface area contributed by atoms with Gasteiger partial charge in [0.1, 0.15) is 16.7 Å². The van der Waals surface area contributed by atoms with Crippen LogP contribution in [0.1, 0.15) is 15.9 Å². The number of aryl methyl sites for hydroxylation is 1. The molecule has 2 aromatic rings. The number of carbonyl (C=O) groups excluding carboxylic acids is 1. The number of anilines is 1. The Hall–Kier alpha value is -2.38. The number of carbonyl (C=O) groups is 1. The fourth-order valence-corrected chi connectivity index (χ4v) is 3.60. The molecule has 1 atom stereocenters. The lowest BCUT2D eigenvalue weighted by molar-refractivity contribution is 0.0745. The average Bonchev–Trinajstić information content (AvgIpc) is 2.67. The smallest absolute Gasteiger partial charge is 0.254 e. The minimum absolute atomic E-state index is 0.0468. The van der Waals surface area contributed by atoms with Crippen molar-refractivity contribution in [3.05, 3.63) is 53.6 Å². The second-order valence-electron chi connectivity index (χ2n) is 6.23. The van der Waals surface area contributed by atoms with Gasteiger partial charge in [0.2, 0.25) is 0 Å². The summed E-state index contributed by atoms with van der Waals surface area (Å²) in [6, 6.07) is 13.0. The number of hydrogen-bond acceptors (Lipinski definition) is 4. The first-order valence-corrected chi connectivity index (χ1v) is 9.66. The molecule has 1 fully saturated rings. The zero-order valence-corrected chi connectivity index (χ0v) is 15.8. The summed E-state index contributed by atoms with van der Waals surface area (Å²) in [5.74, 6) is 0.788. The highest BCUT2D eigenvalue weighted by Crippen LogP contribution is 2.28. The number of hydrogen-bond donors (Lipinski definition) is 1. The zero-order chi connectivity index (χ0) is 18.7. The number of piperazine rings is 1. The van der Waals surface area contributed by atoms with Gasteiger partial charge in [-0.25, -0.2) is 9.35 Å². The van der Waals surface area contributed by atoms with Crippen molar-refractivity contribution in [2.75, 3.05) is 38.2 Å². The Balaban J connectivity index is 1.73. The third-order valence-electron chi connectivity index (χ3n) is 4.66. The van der Waals surface area contributed by atoms with Crippen molar-refractivity contribution in [1.29, 1.82) is 0 Å². The monoisotopic (exact) mass is 373 g/mol. The van der Waals surface area contributed by atoms with Gasteiger partial charge >= 0.3 is 0 Å². The van der Waals surface area contributed by atoms with Crippen LogP contribution in [0.5, 0.6) is 5.75 Å². The van der Waals surface area contributed by atoms with Gasteiger partial charge in [-0.05, 0) is 36.8 Å². The predicted octanol–water partition coefficient (Wildman–Crippen LogP) is 1.95. The van der Waals surface area contributed by atoms with Gasteiger partial charge in [-0.1, -0.05) is 18.2 Å². The van der Waals surface area contributed by atoms with E-state index in [0.29, 0.717) is 23.5 Å². The van der Waals surface area contributed by atoms with Gasteiger partial charge in [0, 0.05) is 31.7 Å². The minimum Gasteiger partial charge on any atom is -0.495 e.